The van der Waals surface area contributed by atoms with E-state index in [9.17, 15) is 4.79 Å². The molecule has 1 fully saturated rings. The molecule has 0 spiro atoms. The molecule has 1 aliphatic heterocycles. The van der Waals surface area contributed by atoms with Crippen molar-refractivity contribution in [3.05, 3.63) is 53.9 Å². The van der Waals surface area contributed by atoms with E-state index in [-0.39, 0.29) is 18.3 Å². The Labute approximate surface area is 137 Å². The first kappa shape index (κ1) is 16.5. The number of benzene rings is 1. The first-order chi connectivity index (χ1) is 10.2. The van der Waals surface area contributed by atoms with Crippen LogP contribution in [0.3, 0.4) is 0 Å². The van der Waals surface area contributed by atoms with Gasteiger partial charge in [0.2, 0.25) is 0 Å². The third-order valence-electron chi connectivity index (χ3n) is 3.77. The summed E-state index contributed by atoms with van der Waals surface area (Å²) in [5.41, 5.74) is 3.95. The van der Waals surface area contributed by atoms with Crippen molar-refractivity contribution in [3.63, 3.8) is 0 Å². The van der Waals surface area contributed by atoms with E-state index in [0.717, 1.165) is 37.3 Å². The van der Waals surface area contributed by atoms with Crippen LogP contribution in [0.1, 0.15) is 15.9 Å². The maximum atomic E-state index is 12.5. The smallest absolute Gasteiger partial charge is 0.255 e. The van der Waals surface area contributed by atoms with Gasteiger partial charge in [-0.1, -0.05) is 29.8 Å². The highest BCUT2D eigenvalue weighted by Crippen LogP contribution is 2.20. The van der Waals surface area contributed by atoms with Crippen LogP contribution in [-0.4, -0.2) is 42.0 Å². The van der Waals surface area contributed by atoms with Gasteiger partial charge in [0.1, 0.15) is 0 Å². The molecule has 1 amide bonds. The lowest BCUT2D eigenvalue weighted by atomic mass is 10.0. The maximum Gasteiger partial charge on any atom is 0.255 e. The van der Waals surface area contributed by atoms with Crippen molar-refractivity contribution in [1.29, 1.82) is 0 Å². The van der Waals surface area contributed by atoms with Gasteiger partial charge in [-0.2, -0.15) is 0 Å². The second-order valence-electron chi connectivity index (χ2n) is 5.37. The minimum atomic E-state index is 0. The first-order valence-electron chi connectivity index (χ1n) is 7.26. The molecule has 4 nitrogen and oxygen atoms in total. The van der Waals surface area contributed by atoms with Crippen LogP contribution in [-0.2, 0) is 0 Å². The van der Waals surface area contributed by atoms with Crippen molar-refractivity contribution in [1.82, 2.24) is 15.2 Å². The summed E-state index contributed by atoms with van der Waals surface area (Å²) in [6.07, 6.45) is 3.46. The summed E-state index contributed by atoms with van der Waals surface area (Å²) in [7, 11) is 0. The third kappa shape index (κ3) is 3.64. The van der Waals surface area contributed by atoms with Crippen molar-refractivity contribution >= 4 is 18.3 Å². The van der Waals surface area contributed by atoms with Gasteiger partial charge in [0, 0.05) is 44.1 Å². The van der Waals surface area contributed by atoms with Crippen LogP contribution in [0.5, 0.6) is 0 Å². The van der Waals surface area contributed by atoms with Crippen molar-refractivity contribution in [2.24, 2.45) is 0 Å². The summed E-state index contributed by atoms with van der Waals surface area (Å²) in [4.78, 5) is 18.6. The van der Waals surface area contributed by atoms with Gasteiger partial charge in [0.25, 0.3) is 5.91 Å². The number of hydrogen-bond donors (Lipinski definition) is 1. The van der Waals surface area contributed by atoms with Crippen molar-refractivity contribution < 1.29 is 4.79 Å². The minimum Gasteiger partial charge on any atom is -0.336 e. The Morgan fingerprint density at radius 2 is 1.77 bits per heavy atom. The Balaban J connectivity index is 0.00000176. The van der Waals surface area contributed by atoms with E-state index >= 15 is 0 Å². The van der Waals surface area contributed by atoms with Gasteiger partial charge in [-0.05, 0) is 18.6 Å². The highest BCUT2D eigenvalue weighted by molar-refractivity contribution is 5.95. The molecule has 0 radical (unpaired) electrons. The van der Waals surface area contributed by atoms with Gasteiger partial charge in [0.15, 0.2) is 0 Å². The Bertz CT molecular complexity index is 637. The SMILES string of the molecule is Cc1ccc(-c2cncc(C(=O)N3CCNCC3)c2)cc1.Cl. The van der Waals surface area contributed by atoms with E-state index in [1.165, 1.54) is 5.56 Å². The predicted octanol–water partition coefficient (Wildman–Crippen LogP) is 2.52. The molecule has 5 heteroatoms. The van der Waals surface area contributed by atoms with Gasteiger partial charge < -0.3 is 10.2 Å². The molecule has 2 heterocycles. The van der Waals surface area contributed by atoms with Crippen LogP contribution in [0.15, 0.2) is 42.7 Å². The first-order valence-corrected chi connectivity index (χ1v) is 7.26. The van der Waals surface area contributed by atoms with Crippen molar-refractivity contribution in [2.45, 2.75) is 6.92 Å². The molecule has 0 bridgehead atoms. The Hall–Kier alpha value is -1.91. The van der Waals surface area contributed by atoms with Crippen LogP contribution < -0.4 is 5.32 Å². The van der Waals surface area contributed by atoms with Crippen LogP contribution in [0, 0.1) is 6.92 Å². The summed E-state index contributed by atoms with van der Waals surface area (Å²) in [6.45, 7) is 5.29. The van der Waals surface area contributed by atoms with E-state index in [4.69, 9.17) is 0 Å². The lowest BCUT2D eigenvalue weighted by molar-refractivity contribution is 0.0735. The zero-order chi connectivity index (χ0) is 14.7. The summed E-state index contributed by atoms with van der Waals surface area (Å²) >= 11 is 0. The monoisotopic (exact) mass is 317 g/mol. The van der Waals surface area contributed by atoms with Crippen molar-refractivity contribution in [3.8, 4) is 11.1 Å². The number of nitrogens with zero attached hydrogens (tertiary/aromatic N) is 2. The van der Waals surface area contributed by atoms with E-state index in [2.05, 4.69) is 41.5 Å². The number of piperazine rings is 1. The average molecular weight is 318 g/mol. The second kappa shape index (κ2) is 7.38. The number of carbonyl (C=O) groups excluding carboxylic acids is 1. The van der Waals surface area contributed by atoms with Crippen molar-refractivity contribution in [2.75, 3.05) is 26.2 Å². The maximum absolute atomic E-state index is 12.5. The molecule has 0 atom stereocenters. The predicted molar refractivity (Wildman–Crippen MR) is 90.4 cm³/mol. The van der Waals surface area contributed by atoms with Crippen LogP contribution in [0.2, 0.25) is 0 Å². The fourth-order valence-electron chi connectivity index (χ4n) is 2.51. The van der Waals surface area contributed by atoms with E-state index in [1.54, 1.807) is 12.4 Å². The van der Waals surface area contributed by atoms with Gasteiger partial charge >= 0.3 is 0 Å². The van der Waals surface area contributed by atoms with Gasteiger partial charge in [-0.3, -0.25) is 9.78 Å². The number of aromatic nitrogens is 1. The molecule has 1 N–H and O–H groups in total. The molecule has 1 aromatic heterocycles. The molecule has 0 unspecified atom stereocenters. The Morgan fingerprint density at radius 3 is 2.45 bits per heavy atom. The van der Waals surface area contributed by atoms with Gasteiger partial charge in [-0.25, -0.2) is 0 Å². The number of rotatable bonds is 2. The standard InChI is InChI=1S/C17H19N3O.ClH/c1-13-2-4-14(5-3-13)15-10-16(12-19-11-15)17(21)20-8-6-18-7-9-20;/h2-5,10-12,18H,6-9H2,1H3;1H. The lowest BCUT2D eigenvalue weighted by Crippen LogP contribution is -2.46. The van der Waals surface area contributed by atoms with E-state index < -0.39 is 0 Å². The lowest BCUT2D eigenvalue weighted by Gasteiger charge is -2.27. The minimum absolute atomic E-state index is 0. The summed E-state index contributed by atoms with van der Waals surface area (Å²) in [6, 6.07) is 10.2. The molecular weight excluding hydrogens is 298 g/mol. The zero-order valence-electron chi connectivity index (χ0n) is 12.6. The normalized spacial score (nSPS) is 14.3. The third-order valence-corrected chi connectivity index (χ3v) is 3.77. The fourth-order valence-corrected chi connectivity index (χ4v) is 2.51. The van der Waals surface area contributed by atoms with Crippen LogP contribution in [0.4, 0.5) is 0 Å². The van der Waals surface area contributed by atoms with Crippen LogP contribution in [0.25, 0.3) is 11.1 Å². The average Bonchev–Trinajstić information content (AvgIpc) is 2.56. The number of aryl methyl sites for hydroxylation is 1. The molecule has 22 heavy (non-hydrogen) atoms. The molecule has 1 aliphatic rings. The Kier molecular flexibility index (Phi) is 5.52. The Morgan fingerprint density at radius 1 is 1.09 bits per heavy atom. The highest BCUT2D eigenvalue weighted by Gasteiger charge is 2.18. The molecule has 3 rings (SSSR count). The molecule has 1 saturated heterocycles. The number of nitrogens with one attached hydrogen (secondary N) is 1. The quantitative estimate of drug-likeness (QED) is 0.925. The molecule has 116 valence electrons. The number of amides is 1. The fraction of sp³-hybridized carbons (Fsp3) is 0.294. The highest BCUT2D eigenvalue weighted by atomic mass is 35.5. The molecule has 0 saturated carbocycles. The number of halogens is 1. The molecule has 1 aromatic carbocycles. The van der Waals surface area contributed by atoms with E-state index in [1.807, 2.05) is 11.0 Å². The topological polar surface area (TPSA) is 45.2 Å². The molecule has 2 aromatic rings. The number of carbonyl (C=O) groups is 1. The van der Waals surface area contributed by atoms with Crippen LogP contribution >= 0.6 is 12.4 Å². The van der Waals surface area contributed by atoms with Gasteiger partial charge in [0.05, 0.1) is 5.56 Å². The summed E-state index contributed by atoms with van der Waals surface area (Å²) in [5, 5.41) is 3.25. The summed E-state index contributed by atoms with van der Waals surface area (Å²) < 4.78 is 0. The summed E-state index contributed by atoms with van der Waals surface area (Å²) in [5.74, 6) is 0.0676. The van der Waals surface area contributed by atoms with Gasteiger partial charge in [-0.15, -0.1) is 12.4 Å². The largest absolute Gasteiger partial charge is 0.336 e. The zero-order valence-corrected chi connectivity index (χ0v) is 13.4. The molecular formula is C17H20ClN3O. The number of pyridine rings is 1. The number of hydrogen-bond acceptors (Lipinski definition) is 3. The van der Waals surface area contributed by atoms with E-state index in [0.29, 0.717) is 5.56 Å². The molecule has 0 aliphatic carbocycles. The second-order valence-corrected chi connectivity index (χ2v) is 5.37.